The third kappa shape index (κ3) is 5.02. The number of carbonyl (C=O) groups excluding carboxylic acids is 1. The van der Waals surface area contributed by atoms with Crippen LogP contribution < -0.4 is 24.3 Å². The van der Waals surface area contributed by atoms with E-state index >= 15 is 0 Å². The number of nitrogens with one attached hydrogen (secondary N) is 2. The zero-order valence-electron chi connectivity index (χ0n) is 17.1. The summed E-state index contributed by atoms with van der Waals surface area (Å²) in [5.41, 5.74) is 1.40. The normalized spacial score (nSPS) is 12.7. The van der Waals surface area contributed by atoms with Crippen molar-refractivity contribution in [3.63, 3.8) is 0 Å². The fourth-order valence-electron chi connectivity index (χ4n) is 2.99. The zero-order valence-corrected chi connectivity index (χ0v) is 18.0. The highest BCUT2D eigenvalue weighted by molar-refractivity contribution is 7.99. The Balaban J connectivity index is 1.37. The molecule has 2 N–H and O–H groups in total. The number of ether oxygens (including phenoxy) is 4. The number of benzene rings is 2. The molecule has 1 amide bonds. The van der Waals surface area contributed by atoms with Crippen LogP contribution in [0.5, 0.6) is 23.0 Å². The topological polar surface area (TPSA) is 108 Å². The number of hydrogen-bond acceptors (Lipinski definition) is 8. The van der Waals surface area contributed by atoms with Crippen molar-refractivity contribution in [2.75, 3.05) is 38.5 Å². The molecule has 0 unspecified atom stereocenters. The lowest BCUT2D eigenvalue weighted by Crippen LogP contribution is -2.14. The van der Waals surface area contributed by atoms with Crippen molar-refractivity contribution in [2.24, 2.45) is 0 Å². The highest BCUT2D eigenvalue weighted by Crippen LogP contribution is 2.33. The van der Waals surface area contributed by atoms with Gasteiger partial charge in [0.15, 0.2) is 17.3 Å². The molecular formula is C21H22N4O5S. The molecule has 162 valence electrons. The van der Waals surface area contributed by atoms with Crippen LogP contribution in [0.2, 0.25) is 0 Å². The lowest BCUT2D eigenvalue weighted by Gasteiger charge is -2.10. The van der Waals surface area contributed by atoms with E-state index in [0.717, 1.165) is 12.0 Å². The molecule has 0 spiro atoms. The van der Waals surface area contributed by atoms with Crippen LogP contribution in [0.3, 0.4) is 0 Å². The van der Waals surface area contributed by atoms with Gasteiger partial charge in [-0.1, -0.05) is 11.8 Å². The summed E-state index contributed by atoms with van der Waals surface area (Å²) in [6.07, 6.45) is 0.827. The average Bonchev–Trinajstić information content (AvgIpc) is 3.14. The number of aromatic amines is 1. The van der Waals surface area contributed by atoms with Gasteiger partial charge in [-0.25, -0.2) is 4.98 Å². The summed E-state index contributed by atoms with van der Waals surface area (Å²) in [5.74, 6) is 3.14. The van der Waals surface area contributed by atoms with Gasteiger partial charge >= 0.3 is 0 Å². The summed E-state index contributed by atoms with van der Waals surface area (Å²) in [6.45, 7) is 1.21. The van der Waals surface area contributed by atoms with Gasteiger partial charge in [-0.15, -0.1) is 5.10 Å². The Morgan fingerprint density at radius 3 is 2.77 bits per heavy atom. The van der Waals surface area contributed by atoms with Crippen LogP contribution >= 0.6 is 11.8 Å². The van der Waals surface area contributed by atoms with Gasteiger partial charge in [0.2, 0.25) is 11.1 Å². The average molecular weight is 442 g/mol. The van der Waals surface area contributed by atoms with Crippen LogP contribution in [-0.2, 0) is 4.79 Å². The molecule has 1 aromatic heterocycles. The van der Waals surface area contributed by atoms with Crippen molar-refractivity contribution in [3.8, 4) is 34.4 Å². The number of hydrogen-bond donors (Lipinski definition) is 2. The number of anilines is 1. The van der Waals surface area contributed by atoms with Crippen LogP contribution in [-0.4, -0.2) is 54.3 Å². The summed E-state index contributed by atoms with van der Waals surface area (Å²) >= 11 is 1.23. The van der Waals surface area contributed by atoms with E-state index in [2.05, 4.69) is 20.5 Å². The Morgan fingerprint density at radius 1 is 1.13 bits per heavy atom. The van der Waals surface area contributed by atoms with Gasteiger partial charge in [-0.2, -0.15) is 0 Å². The molecule has 0 saturated carbocycles. The molecule has 1 aliphatic rings. The number of fused-ring (bicyclic) bond motifs is 1. The fourth-order valence-corrected chi connectivity index (χ4v) is 3.59. The van der Waals surface area contributed by atoms with Crippen LogP contribution in [0.4, 0.5) is 5.69 Å². The van der Waals surface area contributed by atoms with Crippen LogP contribution in [0.25, 0.3) is 11.4 Å². The second kappa shape index (κ2) is 9.61. The minimum Gasteiger partial charge on any atom is -0.497 e. The highest BCUT2D eigenvalue weighted by atomic mass is 32.2. The molecule has 9 nitrogen and oxygen atoms in total. The Morgan fingerprint density at radius 2 is 1.97 bits per heavy atom. The minimum atomic E-state index is -0.173. The molecule has 0 fully saturated rings. The van der Waals surface area contributed by atoms with Crippen LogP contribution in [0, 0.1) is 0 Å². The van der Waals surface area contributed by atoms with Crippen LogP contribution in [0.15, 0.2) is 41.6 Å². The number of methoxy groups -OCH3 is 2. The molecule has 3 aromatic rings. The number of amides is 1. The maximum absolute atomic E-state index is 12.4. The van der Waals surface area contributed by atoms with Crippen molar-refractivity contribution in [2.45, 2.75) is 11.6 Å². The maximum Gasteiger partial charge on any atom is 0.234 e. The standard InChI is InChI=1S/C21H22N4O5S/c1-27-14-5-6-15(17(11-14)28-2)20-23-21(25-24-20)31-12-19(26)22-13-4-7-16-18(10-13)30-9-3-8-29-16/h4-7,10-11H,3,8-9,12H2,1-2H3,(H,22,26)(H,23,24,25). The lowest BCUT2D eigenvalue weighted by molar-refractivity contribution is -0.113. The molecule has 1 aliphatic heterocycles. The first-order chi connectivity index (χ1) is 15.2. The molecule has 0 bridgehead atoms. The highest BCUT2D eigenvalue weighted by Gasteiger charge is 2.15. The summed E-state index contributed by atoms with van der Waals surface area (Å²) in [5, 5.41) is 10.4. The van der Waals surface area contributed by atoms with Gasteiger partial charge < -0.3 is 24.3 Å². The van der Waals surface area contributed by atoms with E-state index in [1.165, 1.54) is 11.8 Å². The van der Waals surface area contributed by atoms with Gasteiger partial charge in [-0.05, 0) is 24.3 Å². The maximum atomic E-state index is 12.4. The molecule has 4 rings (SSSR count). The molecule has 2 aromatic carbocycles. The van der Waals surface area contributed by atoms with E-state index in [1.54, 1.807) is 38.5 Å². The number of nitrogens with zero attached hydrogens (tertiary/aromatic N) is 2. The van der Waals surface area contributed by atoms with Gasteiger partial charge in [0, 0.05) is 24.2 Å². The second-order valence-electron chi connectivity index (χ2n) is 6.58. The van der Waals surface area contributed by atoms with E-state index in [1.807, 2.05) is 12.1 Å². The summed E-state index contributed by atoms with van der Waals surface area (Å²) < 4.78 is 21.9. The lowest BCUT2D eigenvalue weighted by atomic mass is 10.2. The van der Waals surface area contributed by atoms with Gasteiger partial charge in [0.1, 0.15) is 11.5 Å². The van der Waals surface area contributed by atoms with Gasteiger partial charge in [-0.3, -0.25) is 9.89 Å². The Bertz CT molecular complexity index is 1070. The molecule has 0 saturated heterocycles. The Hall–Kier alpha value is -3.40. The first-order valence-corrected chi connectivity index (χ1v) is 10.6. The monoisotopic (exact) mass is 442 g/mol. The van der Waals surface area contributed by atoms with E-state index < -0.39 is 0 Å². The SMILES string of the molecule is COc1ccc(-c2nc(SCC(=O)Nc3ccc4c(c3)OCCCO4)n[nH]2)c(OC)c1. The molecule has 0 atom stereocenters. The van der Waals surface area contributed by atoms with Gasteiger partial charge in [0.05, 0.1) is 38.7 Å². The largest absolute Gasteiger partial charge is 0.497 e. The third-order valence-corrected chi connectivity index (χ3v) is 5.34. The smallest absolute Gasteiger partial charge is 0.234 e. The molecule has 0 radical (unpaired) electrons. The number of carbonyl (C=O) groups is 1. The Labute approximate surface area is 183 Å². The van der Waals surface area contributed by atoms with Gasteiger partial charge in [0.25, 0.3) is 0 Å². The predicted octanol–water partition coefficient (Wildman–Crippen LogP) is 3.38. The minimum absolute atomic E-state index is 0.158. The summed E-state index contributed by atoms with van der Waals surface area (Å²) in [6, 6.07) is 10.8. The number of H-pyrrole nitrogens is 1. The molecule has 31 heavy (non-hydrogen) atoms. The van der Waals surface area contributed by atoms with E-state index in [4.69, 9.17) is 18.9 Å². The van der Waals surface area contributed by atoms with E-state index in [9.17, 15) is 4.79 Å². The summed E-state index contributed by atoms with van der Waals surface area (Å²) in [7, 11) is 3.17. The zero-order chi connectivity index (χ0) is 21.6. The van der Waals surface area contributed by atoms with Crippen molar-refractivity contribution in [1.29, 1.82) is 0 Å². The quantitative estimate of drug-likeness (QED) is 0.536. The van der Waals surface area contributed by atoms with Crippen molar-refractivity contribution in [3.05, 3.63) is 36.4 Å². The van der Waals surface area contributed by atoms with E-state index in [0.29, 0.717) is 52.9 Å². The van der Waals surface area contributed by atoms with Crippen molar-refractivity contribution >= 4 is 23.4 Å². The third-order valence-electron chi connectivity index (χ3n) is 4.49. The first kappa shape index (κ1) is 20.9. The second-order valence-corrected chi connectivity index (χ2v) is 7.52. The molecular weight excluding hydrogens is 420 g/mol. The number of aromatic nitrogens is 3. The van der Waals surface area contributed by atoms with Crippen molar-refractivity contribution < 1.29 is 23.7 Å². The van der Waals surface area contributed by atoms with E-state index in [-0.39, 0.29) is 11.7 Å². The number of rotatable bonds is 7. The molecule has 10 heteroatoms. The molecule has 2 heterocycles. The van der Waals surface area contributed by atoms with Crippen molar-refractivity contribution in [1.82, 2.24) is 15.2 Å². The first-order valence-electron chi connectivity index (χ1n) is 9.63. The summed E-state index contributed by atoms with van der Waals surface area (Å²) in [4.78, 5) is 16.8. The predicted molar refractivity (Wildman–Crippen MR) is 116 cm³/mol. The van der Waals surface area contributed by atoms with Crippen LogP contribution in [0.1, 0.15) is 6.42 Å². The fraction of sp³-hybridized carbons (Fsp3) is 0.286. The molecule has 0 aliphatic carbocycles. The Kier molecular flexibility index (Phi) is 6.46. The number of thioether (sulfide) groups is 1.